The molecule has 0 aliphatic heterocycles. The van der Waals surface area contributed by atoms with Gasteiger partial charge in [0, 0.05) is 30.3 Å². The summed E-state index contributed by atoms with van der Waals surface area (Å²) in [6.45, 7) is 2.12. The zero-order chi connectivity index (χ0) is 26.0. The van der Waals surface area contributed by atoms with E-state index in [1.165, 1.54) is 13.2 Å². The molecule has 0 radical (unpaired) electrons. The summed E-state index contributed by atoms with van der Waals surface area (Å²) in [6, 6.07) is 3.61. The molecule has 2 heterocycles. The Morgan fingerprint density at radius 3 is 2.75 bits per heavy atom. The zero-order valence-electron chi connectivity index (χ0n) is 19.7. The van der Waals surface area contributed by atoms with E-state index in [9.17, 15) is 17.6 Å². The smallest absolute Gasteiger partial charge is 0.407 e. The second kappa shape index (κ2) is 10.3. The van der Waals surface area contributed by atoms with Crippen molar-refractivity contribution in [2.24, 2.45) is 0 Å². The van der Waals surface area contributed by atoms with E-state index in [0.29, 0.717) is 35.4 Å². The normalized spacial score (nSPS) is 14.2. The molecular weight excluding hydrogens is 513 g/mol. The number of hydrogen-bond donors (Lipinski definition) is 4. The van der Waals surface area contributed by atoms with E-state index in [1.54, 1.807) is 19.2 Å². The van der Waals surface area contributed by atoms with E-state index in [2.05, 4.69) is 40.0 Å². The maximum atomic E-state index is 14.5. The Hall–Kier alpha value is -3.45. The number of halogens is 2. The predicted octanol–water partition coefficient (Wildman–Crippen LogP) is 3.73. The Balaban J connectivity index is 1.70. The van der Waals surface area contributed by atoms with Gasteiger partial charge >= 0.3 is 6.09 Å². The lowest BCUT2D eigenvalue weighted by Crippen LogP contribution is -2.37. The number of alkyl carbamates (subject to hydrolysis) is 1. The van der Waals surface area contributed by atoms with Gasteiger partial charge in [0.2, 0.25) is 16.0 Å². The monoisotopic (exact) mass is 537 g/mol. The first-order valence-electron chi connectivity index (χ1n) is 11.0. The first-order valence-corrected chi connectivity index (χ1v) is 13.3. The Morgan fingerprint density at radius 2 is 2.08 bits per heavy atom. The van der Waals surface area contributed by atoms with Gasteiger partial charge in [0.15, 0.2) is 0 Å². The van der Waals surface area contributed by atoms with Crippen LogP contribution in [0.2, 0.25) is 5.02 Å². The maximum Gasteiger partial charge on any atom is 0.407 e. The molecule has 36 heavy (non-hydrogen) atoms. The van der Waals surface area contributed by atoms with Crippen LogP contribution >= 0.6 is 11.6 Å². The molecule has 4 N–H and O–H groups in total. The highest BCUT2D eigenvalue weighted by Gasteiger charge is 2.30. The highest BCUT2D eigenvalue weighted by molar-refractivity contribution is 7.92. The van der Waals surface area contributed by atoms with Crippen molar-refractivity contribution in [1.82, 2.24) is 25.3 Å². The van der Waals surface area contributed by atoms with Crippen LogP contribution in [-0.4, -0.2) is 60.4 Å². The highest BCUT2D eigenvalue weighted by Crippen LogP contribution is 2.43. The summed E-state index contributed by atoms with van der Waals surface area (Å²) < 4.78 is 44.9. The lowest BCUT2D eigenvalue weighted by molar-refractivity contribution is 0.168. The van der Waals surface area contributed by atoms with E-state index >= 15 is 0 Å². The lowest BCUT2D eigenvalue weighted by atomic mass is 10.1. The summed E-state index contributed by atoms with van der Waals surface area (Å²) in [5.41, 5.74) is 1.41. The van der Waals surface area contributed by atoms with Crippen LogP contribution in [0.1, 0.15) is 31.5 Å². The molecule has 2 aromatic heterocycles. The Kier molecular flexibility index (Phi) is 7.31. The van der Waals surface area contributed by atoms with Gasteiger partial charge in [-0.05, 0) is 38.0 Å². The number of carbonyl (C=O) groups excluding carboxylic acids is 1. The largest absolute Gasteiger partial charge is 0.453 e. The Bertz CT molecular complexity index is 1400. The molecule has 1 aromatic carbocycles. The number of ether oxygens (including phenoxy) is 1. The number of nitrogens with zero attached hydrogens (tertiary/aromatic N) is 3. The van der Waals surface area contributed by atoms with Crippen molar-refractivity contribution >= 4 is 39.4 Å². The van der Waals surface area contributed by atoms with Crippen molar-refractivity contribution < 1.29 is 22.3 Å². The molecule has 1 saturated carbocycles. The first kappa shape index (κ1) is 25.6. The van der Waals surface area contributed by atoms with Gasteiger partial charge < -0.3 is 20.4 Å². The summed E-state index contributed by atoms with van der Waals surface area (Å²) >= 11 is 6.52. The van der Waals surface area contributed by atoms with Crippen LogP contribution in [-0.2, 0) is 14.8 Å². The standard InChI is InChI=1S/C22H25ClFN7O4S/c1-11(27-22(32)35-2)10-26-21-25-7-6-15(28-21)19-18(29-20(30-19)12-4-5-12)14-8-13(24)9-16(17(14)23)31-36(3,33)34/h6-9,11-12,31H,4-5,10H2,1-3H3,(H,27,32)(H,29,30)(H,25,26,28)/t11-/m1/s1. The van der Waals surface area contributed by atoms with Gasteiger partial charge in [0.05, 0.1) is 41.2 Å². The molecule has 1 amide bonds. The first-order chi connectivity index (χ1) is 17.0. The minimum atomic E-state index is -3.70. The molecule has 0 unspecified atom stereocenters. The van der Waals surface area contributed by atoms with Crippen molar-refractivity contribution in [1.29, 1.82) is 0 Å². The van der Waals surface area contributed by atoms with Crippen LogP contribution in [0.15, 0.2) is 24.4 Å². The van der Waals surface area contributed by atoms with Crippen LogP contribution < -0.4 is 15.4 Å². The molecule has 1 aliphatic rings. The molecule has 14 heteroatoms. The third kappa shape index (κ3) is 6.21. The Morgan fingerprint density at radius 1 is 1.33 bits per heavy atom. The third-order valence-corrected chi connectivity index (χ3v) is 6.30. The van der Waals surface area contributed by atoms with Crippen LogP contribution in [0.4, 0.5) is 20.8 Å². The molecule has 0 spiro atoms. The number of aromatic amines is 1. The molecule has 3 aromatic rings. The van der Waals surface area contributed by atoms with Crippen molar-refractivity contribution in [2.75, 3.05) is 29.9 Å². The quantitative estimate of drug-likeness (QED) is 0.322. The average molecular weight is 538 g/mol. The van der Waals surface area contributed by atoms with Gasteiger partial charge in [-0.15, -0.1) is 0 Å². The molecule has 0 bridgehead atoms. The molecule has 0 saturated heterocycles. The summed E-state index contributed by atoms with van der Waals surface area (Å²) in [6.07, 6.45) is 3.88. The van der Waals surface area contributed by atoms with Gasteiger partial charge in [-0.25, -0.2) is 32.6 Å². The summed E-state index contributed by atoms with van der Waals surface area (Å²) in [4.78, 5) is 28.1. The summed E-state index contributed by atoms with van der Waals surface area (Å²) in [5, 5.41) is 5.70. The highest BCUT2D eigenvalue weighted by atomic mass is 35.5. The fraction of sp³-hybridized carbons (Fsp3) is 0.364. The number of sulfonamides is 1. The average Bonchev–Trinajstić information content (AvgIpc) is 3.57. The maximum absolute atomic E-state index is 14.5. The van der Waals surface area contributed by atoms with E-state index < -0.39 is 21.9 Å². The Labute approximate surface area is 212 Å². The van der Waals surface area contributed by atoms with Crippen molar-refractivity contribution in [3.05, 3.63) is 41.1 Å². The zero-order valence-corrected chi connectivity index (χ0v) is 21.3. The number of nitrogens with one attached hydrogen (secondary N) is 4. The van der Waals surface area contributed by atoms with Crippen LogP contribution in [0, 0.1) is 5.82 Å². The third-order valence-electron chi connectivity index (χ3n) is 5.30. The number of benzene rings is 1. The molecular formula is C22H25ClFN7O4S. The molecule has 192 valence electrons. The summed E-state index contributed by atoms with van der Waals surface area (Å²) in [7, 11) is -2.41. The van der Waals surface area contributed by atoms with E-state index in [1.807, 2.05) is 0 Å². The number of rotatable bonds is 9. The number of amides is 1. The van der Waals surface area contributed by atoms with Crippen LogP contribution in [0.25, 0.3) is 22.6 Å². The SMILES string of the molecule is COC(=O)N[C@H](C)CNc1nccc(-c2[nH]c(C3CC3)nc2-c2cc(F)cc(NS(C)(=O)=O)c2Cl)n1. The lowest BCUT2D eigenvalue weighted by Gasteiger charge is -2.14. The van der Waals surface area contributed by atoms with Gasteiger partial charge in [-0.1, -0.05) is 11.6 Å². The van der Waals surface area contributed by atoms with Gasteiger partial charge in [0.1, 0.15) is 11.6 Å². The van der Waals surface area contributed by atoms with Crippen molar-refractivity contribution in [3.8, 4) is 22.6 Å². The number of methoxy groups -OCH3 is 1. The molecule has 1 fully saturated rings. The van der Waals surface area contributed by atoms with Crippen LogP contribution in [0.5, 0.6) is 0 Å². The molecule has 4 rings (SSSR count). The van der Waals surface area contributed by atoms with Crippen molar-refractivity contribution in [3.63, 3.8) is 0 Å². The van der Waals surface area contributed by atoms with Gasteiger partial charge in [-0.2, -0.15) is 0 Å². The number of H-pyrrole nitrogens is 1. The van der Waals surface area contributed by atoms with Gasteiger partial charge in [-0.3, -0.25) is 4.72 Å². The fourth-order valence-corrected chi connectivity index (χ4v) is 4.36. The minimum Gasteiger partial charge on any atom is -0.453 e. The molecule has 1 atom stereocenters. The second-order valence-corrected chi connectivity index (χ2v) is 10.6. The number of aromatic nitrogens is 4. The van der Waals surface area contributed by atoms with Crippen molar-refractivity contribution in [2.45, 2.75) is 31.7 Å². The number of carbonyl (C=O) groups is 1. The van der Waals surface area contributed by atoms with E-state index in [0.717, 1.165) is 25.2 Å². The number of anilines is 2. The van der Waals surface area contributed by atoms with E-state index in [-0.39, 0.29) is 28.2 Å². The second-order valence-electron chi connectivity index (χ2n) is 8.49. The van der Waals surface area contributed by atoms with Crippen LogP contribution in [0.3, 0.4) is 0 Å². The fourth-order valence-electron chi connectivity index (χ4n) is 3.50. The summed E-state index contributed by atoms with van der Waals surface area (Å²) in [5.74, 6) is 0.564. The van der Waals surface area contributed by atoms with E-state index in [4.69, 9.17) is 11.6 Å². The molecule has 11 nitrogen and oxygen atoms in total. The number of imidazole rings is 1. The minimum absolute atomic E-state index is 0.00651. The number of hydrogen-bond acceptors (Lipinski definition) is 8. The van der Waals surface area contributed by atoms with Gasteiger partial charge in [0.25, 0.3) is 0 Å². The predicted molar refractivity (Wildman–Crippen MR) is 134 cm³/mol. The molecule has 1 aliphatic carbocycles. The topological polar surface area (TPSA) is 151 Å².